The summed E-state index contributed by atoms with van der Waals surface area (Å²) in [5.41, 5.74) is 6.09. The summed E-state index contributed by atoms with van der Waals surface area (Å²) < 4.78 is 1.23. The molecule has 10 heteroatoms. The van der Waals surface area contributed by atoms with Gasteiger partial charge in [0.25, 0.3) is 5.56 Å². The normalized spacial score (nSPS) is 11.0. The molecule has 0 radical (unpaired) electrons. The molecule has 2 N–H and O–H groups in total. The van der Waals surface area contributed by atoms with Crippen molar-refractivity contribution in [2.75, 3.05) is 0 Å². The molecule has 0 aliphatic rings. The molecule has 140 valence electrons. The molecule has 0 aliphatic heterocycles. The number of nitrogens with zero attached hydrogens (tertiary/aromatic N) is 6. The Morgan fingerprint density at radius 2 is 1.86 bits per heavy atom. The maximum Gasteiger partial charge on any atom is 0.261 e. The van der Waals surface area contributed by atoms with E-state index in [1.54, 1.807) is 42.5 Å². The highest BCUT2D eigenvalue weighted by atomic mass is 35.5. The third-order valence-electron chi connectivity index (χ3n) is 4.11. The molecule has 0 spiro atoms. The molecule has 1 amide bonds. The standard InChI is InChI=1S/C18H14ClN7O2/c19-13-7-3-1-5-11(13)17-22-24-26(23-17)10-16-21-14-8-4-2-6-12(14)18(28)25(16)9-15(20)27/h1-8H,9-10H2,(H2,20,27). The highest BCUT2D eigenvalue weighted by Gasteiger charge is 2.15. The number of para-hydroxylation sites is 1. The van der Waals surface area contributed by atoms with Crippen molar-refractivity contribution in [3.8, 4) is 11.4 Å². The van der Waals surface area contributed by atoms with E-state index in [1.807, 2.05) is 6.07 Å². The maximum absolute atomic E-state index is 12.8. The molecule has 0 bridgehead atoms. The van der Waals surface area contributed by atoms with Gasteiger partial charge in [0.1, 0.15) is 18.9 Å². The van der Waals surface area contributed by atoms with E-state index in [2.05, 4.69) is 20.4 Å². The van der Waals surface area contributed by atoms with Gasteiger partial charge in [-0.25, -0.2) is 4.98 Å². The predicted octanol–water partition coefficient (Wildman–Crippen LogP) is 1.24. The SMILES string of the molecule is NC(=O)Cn1c(Cn2nnc(-c3ccccc3Cl)n2)nc2ccccc2c1=O. The van der Waals surface area contributed by atoms with Gasteiger partial charge in [-0.15, -0.1) is 10.2 Å². The largest absolute Gasteiger partial charge is 0.368 e. The first-order valence-corrected chi connectivity index (χ1v) is 8.70. The molecule has 2 heterocycles. The second-order valence-corrected chi connectivity index (χ2v) is 6.43. The van der Waals surface area contributed by atoms with Crippen molar-refractivity contribution in [1.29, 1.82) is 0 Å². The lowest BCUT2D eigenvalue weighted by atomic mass is 10.2. The number of fused-ring (bicyclic) bond motifs is 1. The molecular formula is C18H14ClN7O2. The summed E-state index contributed by atoms with van der Waals surface area (Å²) in [5.74, 6) is -0.00969. The molecule has 0 unspecified atom stereocenters. The zero-order valence-corrected chi connectivity index (χ0v) is 15.2. The fraction of sp³-hybridized carbons (Fsp3) is 0.111. The van der Waals surface area contributed by atoms with Crippen LogP contribution in [0.5, 0.6) is 0 Å². The number of carbonyl (C=O) groups excluding carboxylic acids is 1. The van der Waals surface area contributed by atoms with Crippen molar-refractivity contribution < 1.29 is 4.79 Å². The third-order valence-corrected chi connectivity index (χ3v) is 4.43. The van der Waals surface area contributed by atoms with E-state index in [4.69, 9.17) is 17.3 Å². The van der Waals surface area contributed by atoms with E-state index in [-0.39, 0.29) is 18.6 Å². The quantitative estimate of drug-likeness (QED) is 0.542. The lowest BCUT2D eigenvalue weighted by Gasteiger charge is -2.11. The Labute approximate surface area is 163 Å². The van der Waals surface area contributed by atoms with Gasteiger partial charge in [-0.3, -0.25) is 14.2 Å². The first-order valence-electron chi connectivity index (χ1n) is 8.32. The minimum Gasteiger partial charge on any atom is -0.368 e. The first kappa shape index (κ1) is 17.8. The van der Waals surface area contributed by atoms with Crippen molar-refractivity contribution in [3.63, 3.8) is 0 Å². The molecule has 9 nitrogen and oxygen atoms in total. The lowest BCUT2D eigenvalue weighted by Crippen LogP contribution is -2.32. The van der Waals surface area contributed by atoms with Crippen LogP contribution in [0.15, 0.2) is 53.3 Å². The van der Waals surface area contributed by atoms with Gasteiger partial charge in [0.2, 0.25) is 11.7 Å². The van der Waals surface area contributed by atoms with Gasteiger partial charge in [0.05, 0.1) is 15.9 Å². The number of tetrazole rings is 1. The summed E-state index contributed by atoms with van der Waals surface area (Å²) >= 11 is 6.17. The van der Waals surface area contributed by atoms with Gasteiger partial charge < -0.3 is 5.73 Å². The fourth-order valence-corrected chi connectivity index (χ4v) is 3.06. The van der Waals surface area contributed by atoms with Crippen LogP contribution >= 0.6 is 11.6 Å². The number of primary amides is 1. The van der Waals surface area contributed by atoms with Crippen LogP contribution in [0.4, 0.5) is 0 Å². The molecule has 2 aromatic carbocycles. The van der Waals surface area contributed by atoms with Gasteiger partial charge in [-0.1, -0.05) is 35.9 Å². The lowest BCUT2D eigenvalue weighted by molar-refractivity contribution is -0.118. The molecule has 0 atom stereocenters. The molecular weight excluding hydrogens is 382 g/mol. The van der Waals surface area contributed by atoms with Gasteiger partial charge in [-0.05, 0) is 29.5 Å². The average molecular weight is 396 g/mol. The Morgan fingerprint density at radius 3 is 2.64 bits per heavy atom. The Balaban J connectivity index is 1.76. The van der Waals surface area contributed by atoms with Crippen LogP contribution in [0.2, 0.25) is 5.02 Å². The van der Waals surface area contributed by atoms with Gasteiger partial charge in [0.15, 0.2) is 0 Å². The van der Waals surface area contributed by atoms with E-state index in [1.165, 1.54) is 9.36 Å². The summed E-state index contributed by atoms with van der Waals surface area (Å²) in [6.45, 7) is -0.261. The van der Waals surface area contributed by atoms with E-state index in [9.17, 15) is 9.59 Å². The van der Waals surface area contributed by atoms with Gasteiger partial charge in [0, 0.05) is 5.56 Å². The molecule has 0 fully saturated rings. The molecule has 0 saturated heterocycles. The minimum atomic E-state index is -0.649. The van der Waals surface area contributed by atoms with Gasteiger partial charge in [-0.2, -0.15) is 4.80 Å². The van der Waals surface area contributed by atoms with Crippen LogP contribution in [0.25, 0.3) is 22.3 Å². The highest BCUT2D eigenvalue weighted by Crippen LogP contribution is 2.23. The Morgan fingerprint density at radius 1 is 1.11 bits per heavy atom. The number of halogens is 1. The molecule has 0 aliphatic carbocycles. The van der Waals surface area contributed by atoms with Crippen LogP contribution < -0.4 is 11.3 Å². The number of hydrogen-bond donors (Lipinski definition) is 1. The molecule has 28 heavy (non-hydrogen) atoms. The number of carbonyl (C=O) groups is 1. The van der Waals surface area contributed by atoms with E-state index in [0.29, 0.717) is 33.1 Å². The topological polar surface area (TPSA) is 122 Å². The summed E-state index contributed by atoms with van der Waals surface area (Å²) in [6.07, 6.45) is 0. The maximum atomic E-state index is 12.8. The summed E-state index contributed by atoms with van der Waals surface area (Å²) in [6, 6.07) is 14.0. The number of amides is 1. The number of aromatic nitrogens is 6. The Kier molecular flexibility index (Phi) is 4.58. The van der Waals surface area contributed by atoms with E-state index >= 15 is 0 Å². The summed E-state index contributed by atoms with van der Waals surface area (Å²) in [7, 11) is 0. The van der Waals surface area contributed by atoms with Gasteiger partial charge >= 0.3 is 0 Å². The second-order valence-electron chi connectivity index (χ2n) is 6.03. The van der Waals surface area contributed by atoms with E-state index in [0.717, 1.165) is 0 Å². The smallest absolute Gasteiger partial charge is 0.261 e. The summed E-state index contributed by atoms with van der Waals surface area (Å²) in [4.78, 5) is 30.0. The zero-order chi connectivity index (χ0) is 19.7. The Bertz CT molecular complexity index is 1250. The number of hydrogen-bond acceptors (Lipinski definition) is 6. The molecule has 4 rings (SSSR count). The fourth-order valence-electron chi connectivity index (χ4n) is 2.84. The highest BCUT2D eigenvalue weighted by molar-refractivity contribution is 6.33. The minimum absolute atomic E-state index is 0.0325. The zero-order valence-electron chi connectivity index (χ0n) is 14.5. The van der Waals surface area contributed by atoms with Crippen molar-refractivity contribution >= 4 is 28.4 Å². The van der Waals surface area contributed by atoms with Crippen LogP contribution in [-0.4, -0.2) is 35.7 Å². The monoisotopic (exact) mass is 395 g/mol. The van der Waals surface area contributed by atoms with Crippen LogP contribution in [0, 0.1) is 0 Å². The number of benzene rings is 2. The van der Waals surface area contributed by atoms with Crippen LogP contribution in [0.3, 0.4) is 0 Å². The Hall–Kier alpha value is -3.59. The van der Waals surface area contributed by atoms with E-state index < -0.39 is 5.91 Å². The first-order chi connectivity index (χ1) is 13.5. The third kappa shape index (κ3) is 3.35. The predicted molar refractivity (Wildman–Crippen MR) is 103 cm³/mol. The van der Waals surface area contributed by atoms with Crippen LogP contribution in [0.1, 0.15) is 5.82 Å². The number of nitrogens with two attached hydrogens (primary N) is 1. The van der Waals surface area contributed by atoms with Crippen molar-refractivity contribution in [1.82, 2.24) is 29.8 Å². The molecule has 0 saturated carbocycles. The second kappa shape index (κ2) is 7.20. The summed E-state index contributed by atoms with van der Waals surface area (Å²) in [5, 5.41) is 13.2. The van der Waals surface area contributed by atoms with Crippen LogP contribution in [-0.2, 0) is 17.9 Å². The molecule has 2 aromatic heterocycles. The van der Waals surface area contributed by atoms with Crippen molar-refractivity contribution in [2.45, 2.75) is 13.1 Å². The molecule has 4 aromatic rings. The average Bonchev–Trinajstić information content (AvgIpc) is 3.13. The number of rotatable bonds is 5. The van der Waals surface area contributed by atoms with Crippen molar-refractivity contribution in [3.05, 3.63) is 69.7 Å². The van der Waals surface area contributed by atoms with Crippen molar-refractivity contribution in [2.24, 2.45) is 5.73 Å².